The molecular weight excluding hydrogens is 440 g/mol. The van der Waals surface area contributed by atoms with Crippen LogP contribution in [-0.4, -0.2) is 48.6 Å². The van der Waals surface area contributed by atoms with Gasteiger partial charge in [-0.3, -0.25) is 20.5 Å². The Labute approximate surface area is 189 Å². The van der Waals surface area contributed by atoms with Crippen LogP contribution in [0.25, 0.3) is 5.70 Å². The molecule has 1 aromatic carbocycles. The number of likely N-dealkylation sites (tertiary alicyclic amines) is 1. The Bertz CT molecular complexity index is 985. The van der Waals surface area contributed by atoms with Crippen LogP contribution in [0.3, 0.4) is 0 Å². The van der Waals surface area contributed by atoms with Gasteiger partial charge in [0.05, 0.1) is 21.5 Å². The predicted octanol–water partition coefficient (Wildman–Crippen LogP) is 4.22. The number of thioether (sulfide) groups is 1. The third-order valence-electron chi connectivity index (χ3n) is 5.12. The smallest absolute Gasteiger partial charge is 0.261 e. The van der Waals surface area contributed by atoms with E-state index in [1.807, 2.05) is 24.5 Å². The van der Waals surface area contributed by atoms with E-state index in [1.165, 1.54) is 11.3 Å². The Kier molecular flexibility index (Phi) is 6.67. The van der Waals surface area contributed by atoms with Crippen LogP contribution in [0.5, 0.6) is 0 Å². The maximum atomic E-state index is 12.2. The summed E-state index contributed by atoms with van der Waals surface area (Å²) in [5.74, 6) is 0.431. The van der Waals surface area contributed by atoms with Crippen LogP contribution >= 0.6 is 34.7 Å². The predicted molar refractivity (Wildman–Crippen MR) is 124 cm³/mol. The van der Waals surface area contributed by atoms with Gasteiger partial charge < -0.3 is 10.2 Å². The number of amides is 1. The van der Waals surface area contributed by atoms with Crippen molar-refractivity contribution in [2.45, 2.75) is 23.8 Å². The highest BCUT2D eigenvalue weighted by Crippen LogP contribution is 2.30. The van der Waals surface area contributed by atoms with E-state index < -0.39 is 0 Å². The second-order valence-electron chi connectivity index (χ2n) is 7.11. The molecule has 1 saturated heterocycles. The second-order valence-corrected chi connectivity index (χ2v) is 9.67. The summed E-state index contributed by atoms with van der Waals surface area (Å²) >= 11 is 8.79. The highest BCUT2D eigenvalue weighted by molar-refractivity contribution is 7.98. The Balaban J connectivity index is 1.43. The molecule has 1 fully saturated rings. The monoisotopic (exact) mass is 462 g/mol. The Hall–Kier alpha value is -2.00. The molecule has 6 nitrogen and oxygen atoms in total. The van der Waals surface area contributed by atoms with Crippen molar-refractivity contribution in [2.24, 2.45) is 0 Å². The van der Waals surface area contributed by atoms with Gasteiger partial charge in [-0.25, -0.2) is 0 Å². The SMILES string of the molecule is CSc1cc(C(=N)N2CCCC2)ccc1C1=CC(CNC(=O)c2ccc(Cl)s2)ON1. The first-order chi connectivity index (χ1) is 14.5. The van der Waals surface area contributed by atoms with Crippen molar-refractivity contribution in [1.82, 2.24) is 15.7 Å². The molecule has 4 rings (SSSR count). The van der Waals surface area contributed by atoms with Gasteiger partial charge in [-0.1, -0.05) is 23.7 Å². The Morgan fingerprint density at radius 3 is 2.87 bits per heavy atom. The molecule has 3 N–H and O–H groups in total. The van der Waals surface area contributed by atoms with Crippen LogP contribution in [-0.2, 0) is 4.84 Å². The third-order valence-corrected chi connectivity index (χ3v) is 7.13. The number of nitrogens with one attached hydrogen (secondary N) is 3. The quantitative estimate of drug-likeness (QED) is 0.340. The van der Waals surface area contributed by atoms with Gasteiger partial charge in [0.15, 0.2) is 0 Å². The Morgan fingerprint density at radius 1 is 1.37 bits per heavy atom. The molecule has 3 heterocycles. The average molecular weight is 463 g/mol. The van der Waals surface area contributed by atoms with Crippen LogP contribution in [0.2, 0.25) is 4.34 Å². The minimum atomic E-state index is -0.267. The van der Waals surface area contributed by atoms with Gasteiger partial charge in [0.2, 0.25) is 0 Å². The van der Waals surface area contributed by atoms with Crippen LogP contribution < -0.4 is 10.8 Å². The van der Waals surface area contributed by atoms with E-state index in [1.54, 1.807) is 23.9 Å². The highest BCUT2D eigenvalue weighted by atomic mass is 35.5. The van der Waals surface area contributed by atoms with Crippen molar-refractivity contribution in [3.05, 3.63) is 56.7 Å². The first-order valence-electron chi connectivity index (χ1n) is 9.74. The molecule has 0 spiro atoms. The third kappa shape index (κ3) is 4.67. The van der Waals surface area contributed by atoms with Crippen molar-refractivity contribution in [3.63, 3.8) is 0 Å². The largest absolute Gasteiger partial charge is 0.357 e. The summed E-state index contributed by atoms with van der Waals surface area (Å²) < 4.78 is 0.590. The van der Waals surface area contributed by atoms with E-state index in [-0.39, 0.29) is 12.0 Å². The van der Waals surface area contributed by atoms with Crippen LogP contribution in [0, 0.1) is 5.41 Å². The molecule has 0 aliphatic carbocycles. The van der Waals surface area contributed by atoms with E-state index in [0.717, 1.165) is 47.7 Å². The lowest BCUT2D eigenvalue weighted by Crippen LogP contribution is -2.31. The minimum absolute atomic E-state index is 0.160. The van der Waals surface area contributed by atoms with Crippen LogP contribution in [0.1, 0.15) is 33.6 Å². The molecule has 1 unspecified atom stereocenters. The molecule has 2 aliphatic rings. The molecule has 2 aromatic rings. The number of amidine groups is 1. The maximum Gasteiger partial charge on any atom is 0.261 e. The van der Waals surface area contributed by atoms with E-state index in [0.29, 0.717) is 21.6 Å². The van der Waals surface area contributed by atoms with Crippen molar-refractivity contribution in [3.8, 4) is 0 Å². The van der Waals surface area contributed by atoms with E-state index >= 15 is 0 Å². The number of hydroxylamine groups is 1. The number of carbonyl (C=O) groups excluding carboxylic acids is 1. The van der Waals surface area contributed by atoms with Gasteiger partial charge in [-0.2, -0.15) is 0 Å². The van der Waals surface area contributed by atoms with Gasteiger partial charge in [-0.15, -0.1) is 23.1 Å². The zero-order valence-corrected chi connectivity index (χ0v) is 18.9. The summed E-state index contributed by atoms with van der Waals surface area (Å²) in [6.45, 7) is 2.28. The van der Waals surface area contributed by atoms with Crippen molar-refractivity contribution in [2.75, 3.05) is 25.9 Å². The van der Waals surface area contributed by atoms with Gasteiger partial charge in [0.25, 0.3) is 5.91 Å². The molecule has 0 radical (unpaired) electrons. The minimum Gasteiger partial charge on any atom is -0.357 e. The summed E-state index contributed by atoms with van der Waals surface area (Å²) in [4.78, 5) is 21.6. The molecule has 158 valence electrons. The fraction of sp³-hybridized carbons (Fsp3) is 0.333. The lowest BCUT2D eigenvalue weighted by Gasteiger charge is -2.19. The van der Waals surface area contributed by atoms with Crippen LogP contribution in [0.15, 0.2) is 41.3 Å². The van der Waals surface area contributed by atoms with Crippen molar-refractivity contribution < 1.29 is 9.63 Å². The molecule has 2 aliphatic heterocycles. The summed E-state index contributed by atoms with van der Waals surface area (Å²) in [6.07, 6.45) is 6.05. The lowest BCUT2D eigenvalue weighted by atomic mass is 10.1. The van der Waals surface area contributed by atoms with Gasteiger partial charge in [0.1, 0.15) is 11.9 Å². The second kappa shape index (κ2) is 9.43. The summed E-state index contributed by atoms with van der Waals surface area (Å²) in [5.41, 5.74) is 5.82. The topological polar surface area (TPSA) is 77.5 Å². The number of nitrogens with zero attached hydrogens (tertiary/aromatic N) is 1. The molecule has 1 aromatic heterocycles. The number of thiophene rings is 1. The highest BCUT2D eigenvalue weighted by Gasteiger charge is 2.22. The summed E-state index contributed by atoms with van der Waals surface area (Å²) in [6, 6.07) is 9.52. The number of halogens is 1. The molecular formula is C21H23ClN4O2S2. The Morgan fingerprint density at radius 2 is 2.17 bits per heavy atom. The standard InChI is InChI=1S/C21H23ClN4O2S2/c1-29-18-10-13(20(23)26-8-2-3-9-26)4-5-15(18)16-11-14(28-25-16)12-24-21(27)17-6-7-19(22)30-17/h4-7,10-11,14,23,25H,2-3,8-9,12H2,1H3,(H,24,27). The number of carbonyl (C=O) groups is 1. The number of hydrogen-bond donors (Lipinski definition) is 3. The van der Waals surface area contributed by atoms with Gasteiger partial charge in [0, 0.05) is 29.1 Å². The average Bonchev–Trinajstić information content (AvgIpc) is 3.52. The lowest BCUT2D eigenvalue weighted by molar-refractivity contribution is 0.0499. The van der Waals surface area contributed by atoms with Gasteiger partial charge >= 0.3 is 0 Å². The molecule has 9 heteroatoms. The van der Waals surface area contributed by atoms with E-state index in [2.05, 4.69) is 21.8 Å². The number of benzene rings is 1. The summed E-state index contributed by atoms with van der Waals surface area (Å²) in [5, 5.41) is 11.4. The molecule has 1 atom stereocenters. The number of rotatable bonds is 6. The van der Waals surface area contributed by atoms with Crippen molar-refractivity contribution >= 4 is 52.1 Å². The maximum absolute atomic E-state index is 12.2. The summed E-state index contributed by atoms with van der Waals surface area (Å²) in [7, 11) is 0. The first kappa shape index (κ1) is 21.2. The van der Waals surface area contributed by atoms with Crippen LogP contribution in [0.4, 0.5) is 0 Å². The normalized spacial score (nSPS) is 18.3. The zero-order valence-electron chi connectivity index (χ0n) is 16.5. The first-order valence-corrected chi connectivity index (χ1v) is 12.2. The zero-order chi connectivity index (χ0) is 21.1. The molecule has 1 amide bonds. The number of hydrogen-bond acceptors (Lipinski definition) is 6. The molecule has 0 saturated carbocycles. The fourth-order valence-electron chi connectivity index (χ4n) is 3.54. The fourth-order valence-corrected chi connectivity index (χ4v) is 5.14. The van der Waals surface area contributed by atoms with Gasteiger partial charge in [-0.05, 0) is 43.4 Å². The van der Waals surface area contributed by atoms with E-state index in [4.69, 9.17) is 21.8 Å². The van der Waals surface area contributed by atoms with Crippen molar-refractivity contribution in [1.29, 1.82) is 5.41 Å². The molecule has 0 bridgehead atoms. The van der Waals surface area contributed by atoms with E-state index in [9.17, 15) is 4.79 Å². The molecule has 30 heavy (non-hydrogen) atoms.